The Morgan fingerprint density at radius 2 is 1.49 bits per heavy atom. The Morgan fingerprint density at radius 3 is 2.16 bits per heavy atom. The molecule has 0 aromatic rings. The molecule has 1 spiro atoms. The highest BCUT2D eigenvalue weighted by Crippen LogP contribution is 2.72. The number of fused-ring (bicyclic) bond motifs is 7. The summed E-state index contributed by atoms with van der Waals surface area (Å²) in [5.74, 6) is 0.660. The SMILES string of the molecule is CC1CCC2(OC1)OC1CC3C4CCC5(OC6OC(CO)C(O)C(O)C6O)C(O)C(O)C(O)C(O)C5(C)C4CCC3(C)C1C2C. The van der Waals surface area contributed by atoms with Gasteiger partial charge in [0, 0.05) is 17.8 Å². The van der Waals surface area contributed by atoms with E-state index in [2.05, 4.69) is 20.8 Å². The molecule has 7 rings (SSSR count). The van der Waals surface area contributed by atoms with Crippen LogP contribution in [0.3, 0.4) is 0 Å². The molecule has 7 aliphatic rings. The maximum atomic E-state index is 11.8. The number of hydrogen-bond acceptors (Lipinski definition) is 12. The maximum Gasteiger partial charge on any atom is 0.187 e. The van der Waals surface area contributed by atoms with Gasteiger partial charge in [-0.1, -0.05) is 27.7 Å². The average molecular weight is 643 g/mol. The summed E-state index contributed by atoms with van der Waals surface area (Å²) < 4.78 is 25.5. The van der Waals surface area contributed by atoms with Crippen molar-refractivity contribution in [2.24, 2.45) is 46.3 Å². The molecule has 3 aliphatic heterocycles. The molecule has 4 aliphatic carbocycles. The summed E-state index contributed by atoms with van der Waals surface area (Å²) in [5, 5.41) is 87.1. The van der Waals surface area contributed by atoms with Crippen molar-refractivity contribution in [3.05, 3.63) is 0 Å². The van der Waals surface area contributed by atoms with Crippen LogP contribution in [0, 0.1) is 46.3 Å². The van der Waals surface area contributed by atoms with Gasteiger partial charge in [-0.3, -0.25) is 0 Å². The topological polar surface area (TPSA) is 199 Å². The molecule has 3 heterocycles. The zero-order valence-electron chi connectivity index (χ0n) is 26.8. The second-order valence-electron chi connectivity index (χ2n) is 16.3. The molecule has 0 bridgehead atoms. The maximum absolute atomic E-state index is 11.8. The van der Waals surface area contributed by atoms with E-state index in [4.69, 9.17) is 18.9 Å². The van der Waals surface area contributed by atoms with Crippen LogP contribution in [-0.2, 0) is 18.9 Å². The Balaban J connectivity index is 1.21. The first-order chi connectivity index (χ1) is 21.2. The Labute approximate surface area is 264 Å². The summed E-state index contributed by atoms with van der Waals surface area (Å²) in [6.07, 6.45) is -9.15. The van der Waals surface area contributed by atoms with Crippen LogP contribution in [0.25, 0.3) is 0 Å². The predicted octanol–water partition coefficient (Wildman–Crippen LogP) is -0.355. The first-order valence-corrected chi connectivity index (χ1v) is 17.2. The highest BCUT2D eigenvalue weighted by Gasteiger charge is 2.76. The normalized spacial score (nSPS) is 62.7. The number of rotatable bonds is 3. The van der Waals surface area contributed by atoms with Crippen molar-refractivity contribution in [2.45, 2.75) is 145 Å². The summed E-state index contributed by atoms with van der Waals surface area (Å²) in [5.41, 5.74) is -3.00. The first kappa shape index (κ1) is 33.0. The predicted molar refractivity (Wildman–Crippen MR) is 156 cm³/mol. The van der Waals surface area contributed by atoms with E-state index in [0.717, 1.165) is 25.7 Å². The van der Waals surface area contributed by atoms with Crippen molar-refractivity contribution in [2.75, 3.05) is 13.2 Å². The van der Waals surface area contributed by atoms with E-state index in [1.54, 1.807) is 6.92 Å². The standard InChI is InChI=1S/C33H54O12/c1-14-5-10-33(42-13-14)15(2)21-19(44-33)11-18-16-6-9-32(45-29-26(39)23(36)22(35)20(12-34)43-29)28(41)25(38)24(37)27(40)31(32,4)17(16)7-8-30(18,21)3/h14-29,34-41H,5-13H2,1-4H3. The fourth-order valence-electron chi connectivity index (χ4n) is 12.0. The molecule has 0 aromatic carbocycles. The molecule has 3 saturated heterocycles. The summed E-state index contributed by atoms with van der Waals surface area (Å²) in [4.78, 5) is 0. The fraction of sp³-hybridized carbons (Fsp3) is 1.00. The molecule has 12 nitrogen and oxygen atoms in total. The first-order valence-electron chi connectivity index (χ1n) is 17.2. The highest BCUT2D eigenvalue weighted by molar-refractivity contribution is 5.23. The second-order valence-corrected chi connectivity index (χ2v) is 16.3. The fourth-order valence-corrected chi connectivity index (χ4v) is 12.0. The zero-order valence-corrected chi connectivity index (χ0v) is 26.8. The molecule has 20 unspecified atom stereocenters. The quantitative estimate of drug-likeness (QED) is 0.187. The van der Waals surface area contributed by atoms with Crippen molar-refractivity contribution in [1.29, 1.82) is 0 Å². The van der Waals surface area contributed by atoms with Gasteiger partial charge in [-0.05, 0) is 73.5 Å². The lowest BCUT2D eigenvalue weighted by molar-refractivity contribution is -0.398. The van der Waals surface area contributed by atoms with Crippen molar-refractivity contribution < 1.29 is 59.8 Å². The summed E-state index contributed by atoms with van der Waals surface area (Å²) in [7, 11) is 0. The number of aliphatic hydroxyl groups is 8. The highest BCUT2D eigenvalue weighted by atomic mass is 16.7. The Kier molecular flexibility index (Phi) is 8.09. The van der Waals surface area contributed by atoms with Crippen LogP contribution in [0.4, 0.5) is 0 Å². The van der Waals surface area contributed by atoms with E-state index in [1.165, 1.54) is 0 Å². The van der Waals surface area contributed by atoms with E-state index in [0.29, 0.717) is 31.3 Å². The van der Waals surface area contributed by atoms with Crippen molar-refractivity contribution in [1.82, 2.24) is 0 Å². The zero-order chi connectivity index (χ0) is 32.4. The lowest BCUT2D eigenvalue weighted by atomic mass is 9.41. The van der Waals surface area contributed by atoms with Crippen molar-refractivity contribution in [3.63, 3.8) is 0 Å². The Bertz CT molecular complexity index is 1120. The van der Waals surface area contributed by atoms with E-state index in [9.17, 15) is 40.9 Å². The van der Waals surface area contributed by atoms with E-state index in [1.807, 2.05) is 0 Å². The molecule has 0 amide bonds. The molecular weight excluding hydrogens is 588 g/mol. The van der Waals surface area contributed by atoms with Crippen LogP contribution >= 0.6 is 0 Å². The smallest absolute Gasteiger partial charge is 0.187 e. The molecule has 20 atom stereocenters. The van der Waals surface area contributed by atoms with Gasteiger partial charge >= 0.3 is 0 Å². The van der Waals surface area contributed by atoms with Crippen molar-refractivity contribution >= 4 is 0 Å². The summed E-state index contributed by atoms with van der Waals surface area (Å²) in [6.45, 7) is 8.71. The third-order valence-corrected chi connectivity index (χ3v) is 14.5. The minimum absolute atomic E-state index is 0.0357. The minimum Gasteiger partial charge on any atom is -0.394 e. The van der Waals surface area contributed by atoms with Crippen LogP contribution < -0.4 is 0 Å². The number of hydrogen-bond donors (Lipinski definition) is 8. The average Bonchev–Trinajstić information content (AvgIpc) is 3.47. The Hall–Kier alpha value is -0.480. The van der Waals surface area contributed by atoms with Gasteiger partial charge in [0.25, 0.3) is 0 Å². The van der Waals surface area contributed by atoms with E-state index >= 15 is 0 Å². The van der Waals surface area contributed by atoms with Gasteiger partial charge in [-0.25, -0.2) is 0 Å². The lowest BCUT2D eigenvalue weighted by Crippen LogP contribution is -2.79. The van der Waals surface area contributed by atoms with E-state index < -0.39 is 78.5 Å². The lowest BCUT2D eigenvalue weighted by Gasteiger charge is -2.68. The monoisotopic (exact) mass is 642 g/mol. The second kappa shape index (κ2) is 11.0. The van der Waals surface area contributed by atoms with Gasteiger partial charge in [0.2, 0.25) is 0 Å². The van der Waals surface area contributed by atoms with Gasteiger partial charge in [0.05, 0.1) is 25.4 Å². The third kappa shape index (κ3) is 4.27. The van der Waals surface area contributed by atoms with Gasteiger partial charge < -0.3 is 59.8 Å². The molecule has 0 aromatic heterocycles. The molecule has 12 heteroatoms. The van der Waals surface area contributed by atoms with Crippen LogP contribution in [0.1, 0.15) is 72.6 Å². The van der Waals surface area contributed by atoms with Crippen molar-refractivity contribution in [3.8, 4) is 0 Å². The molecule has 45 heavy (non-hydrogen) atoms. The number of aliphatic hydroxyl groups excluding tert-OH is 8. The van der Waals surface area contributed by atoms with Crippen LogP contribution in [0.2, 0.25) is 0 Å². The van der Waals surface area contributed by atoms with Crippen LogP contribution in [-0.4, -0.2) is 127 Å². The van der Waals surface area contributed by atoms with E-state index in [-0.39, 0.29) is 41.6 Å². The van der Waals surface area contributed by atoms with Gasteiger partial charge in [-0.2, -0.15) is 0 Å². The van der Waals surface area contributed by atoms with Gasteiger partial charge in [0.1, 0.15) is 48.3 Å². The molecule has 0 radical (unpaired) electrons. The largest absolute Gasteiger partial charge is 0.394 e. The molecule has 8 N–H and O–H groups in total. The molecule has 4 saturated carbocycles. The van der Waals surface area contributed by atoms with Crippen LogP contribution in [0.15, 0.2) is 0 Å². The molecule has 7 fully saturated rings. The summed E-state index contributed by atoms with van der Waals surface area (Å²) >= 11 is 0. The number of ether oxygens (including phenoxy) is 4. The Morgan fingerprint density at radius 1 is 0.778 bits per heavy atom. The summed E-state index contributed by atoms with van der Waals surface area (Å²) in [6, 6.07) is 0. The minimum atomic E-state index is -1.74. The van der Waals surface area contributed by atoms with Crippen LogP contribution in [0.5, 0.6) is 0 Å². The third-order valence-electron chi connectivity index (χ3n) is 14.5. The molecular formula is C33H54O12. The molecule has 258 valence electrons. The van der Waals surface area contributed by atoms with Gasteiger partial charge in [-0.15, -0.1) is 0 Å². The van der Waals surface area contributed by atoms with Gasteiger partial charge in [0.15, 0.2) is 12.1 Å².